The van der Waals surface area contributed by atoms with Gasteiger partial charge >= 0.3 is 0 Å². The summed E-state index contributed by atoms with van der Waals surface area (Å²) in [5.74, 6) is 3.07. The minimum Gasteiger partial charge on any atom is -0.493 e. The summed E-state index contributed by atoms with van der Waals surface area (Å²) in [6.07, 6.45) is 4.38. The van der Waals surface area contributed by atoms with Crippen LogP contribution in [0.4, 0.5) is 5.82 Å². The Balaban J connectivity index is 1.69. The lowest BCUT2D eigenvalue weighted by Crippen LogP contribution is -2.37. The molecule has 1 aromatic carbocycles. The van der Waals surface area contributed by atoms with Gasteiger partial charge in [0.25, 0.3) is 0 Å². The Morgan fingerprint density at radius 1 is 1.15 bits per heavy atom. The van der Waals surface area contributed by atoms with E-state index in [0.717, 1.165) is 50.5 Å². The predicted molar refractivity (Wildman–Crippen MR) is 128 cm³/mol. The molecule has 1 aliphatic rings. The molecule has 1 aliphatic heterocycles. The van der Waals surface area contributed by atoms with Gasteiger partial charge in [-0.1, -0.05) is 6.08 Å². The van der Waals surface area contributed by atoms with Gasteiger partial charge in [0.2, 0.25) is 5.88 Å². The molecule has 0 unspecified atom stereocenters. The van der Waals surface area contributed by atoms with Crippen molar-refractivity contribution in [3.8, 4) is 23.1 Å². The Morgan fingerprint density at radius 2 is 1.97 bits per heavy atom. The Hall–Kier alpha value is -2.88. The molecule has 0 aliphatic carbocycles. The van der Waals surface area contributed by atoms with Gasteiger partial charge in [-0.25, -0.2) is 9.97 Å². The summed E-state index contributed by atoms with van der Waals surface area (Å²) in [5.41, 5.74) is 1.94. The standard InChI is InChI=1S/C24H35N5O4/c1-5-18(2)28-23-15-24(27-17-26-23)33-20-14-21(30-4)22(13-19(20)16-25-3)32-10-6-7-29-8-11-31-12-9-29/h5,13-15,17,25H,6-12,16H2,1-4H3,(H,26,27,28)/b18-5+. The van der Waals surface area contributed by atoms with E-state index < -0.39 is 0 Å². The minimum atomic E-state index is 0.440. The highest BCUT2D eigenvalue weighted by atomic mass is 16.5. The number of nitrogens with zero attached hydrogens (tertiary/aromatic N) is 3. The second-order valence-corrected chi connectivity index (χ2v) is 7.74. The topological polar surface area (TPSA) is 90.0 Å². The van der Waals surface area contributed by atoms with Crippen molar-refractivity contribution in [2.24, 2.45) is 0 Å². The van der Waals surface area contributed by atoms with E-state index in [9.17, 15) is 0 Å². The number of rotatable bonds is 12. The highest BCUT2D eigenvalue weighted by molar-refractivity contribution is 5.52. The van der Waals surface area contributed by atoms with Crippen LogP contribution in [0, 0.1) is 0 Å². The number of ether oxygens (including phenoxy) is 4. The number of allylic oxidation sites excluding steroid dienone is 2. The highest BCUT2D eigenvalue weighted by Crippen LogP contribution is 2.37. The van der Waals surface area contributed by atoms with Gasteiger partial charge in [-0.3, -0.25) is 4.90 Å². The average molecular weight is 458 g/mol. The van der Waals surface area contributed by atoms with Gasteiger partial charge in [-0.2, -0.15) is 0 Å². The fourth-order valence-electron chi connectivity index (χ4n) is 3.42. The normalized spacial score (nSPS) is 14.7. The molecule has 2 heterocycles. The summed E-state index contributed by atoms with van der Waals surface area (Å²) in [6.45, 7) is 9.72. The quantitative estimate of drug-likeness (QED) is 0.465. The van der Waals surface area contributed by atoms with E-state index in [2.05, 4.69) is 25.5 Å². The molecular weight excluding hydrogens is 422 g/mol. The maximum absolute atomic E-state index is 6.12. The lowest BCUT2D eigenvalue weighted by Gasteiger charge is -2.26. The first-order chi connectivity index (χ1) is 16.1. The maximum Gasteiger partial charge on any atom is 0.224 e. The predicted octanol–water partition coefficient (Wildman–Crippen LogP) is 3.43. The van der Waals surface area contributed by atoms with Crippen LogP contribution in [0.25, 0.3) is 0 Å². The van der Waals surface area contributed by atoms with Crippen LogP contribution in [0.1, 0.15) is 25.8 Å². The summed E-state index contributed by atoms with van der Waals surface area (Å²) in [7, 11) is 3.52. The molecule has 0 atom stereocenters. The number of methoxy groups -OCH3 is 1. The van der Waals surface area contributed by atoms with Crippen LogP contribution in [0.3, 0.4) is 0 Å². The van der Waals surface area contributed by atoms with E-state index in [-0.39, 0.29) is 0 Å². The summed E-state index contributed by atoms with van der Waals surface area (Å²) in [4.78, 5) is 10.9. The molecular formula is C24H35N5O4. The number of morpholine rings is 1. The van der Waals surface area contributed by atoms with Crippen molar-refractivity contribution >= 4 is 5.82 Å². The third-order valence-electron chi connectivity index (χ3n) is 5.31. The number of anilines is 1. The van der Waals surface area contributed by atoms with Gasteiger partial charge in [0.1, 0.15) is 17.9 Å². The first kappa shape index (κ1) is 24.8. The molecule has 0 bridgehead atoms. The van der Waals surface area contributed by atoms with Crippen LogP contribution in [-0.4, -0.2) is 68.5 Å². The van der Waals surface area contributed by atoms with E-state index in [4.69, 9.17) is 18.9 Å². The van der Waals surface area contributed by atoms with Crippen molar-refractivity contribution in [1.29, 1.82) is 0 Å². The Labute approximate surface area is 196 Å². The molecule has 0 amide bonds. The van der Waals surface area contributed by atoms with E-state index in [1.165, 1.54) is 6.33 Å². The molecule has 3 rings (SSSR count). The number of hydrogen-bond acceptors (Lipinski definition) is 9. The largest absolute Gasteiger partial charge is 0.493 e. The average Bonchev–Trinajstić information content (AvgIpc) is 2.84. The minimum absolute atomic E-state index is 0.440. The maximum atomic E-state index is 6.12. The lowest BCUT2D eigenvalue weighted by molar-refractivity contribution is 0.0357. The van der Waals surface area contributed by atoms with Crippen LogP contribution < -0.4 is 24.8 Å². The highest BCUT2D eigenvalue weighted by Gasteiger charge is 2.15. The summed E-state index contributed by atoms with van der Waals surface area (Å²) in [6, 6.07) is 5.57. The molecule has 1 aromatic heterocycles. The van der Waals surface area contributed by atoms with Crippen LogP contribution in [0.5, 0.6) is 23.1 Å². The monoisotopic (exact) mass is 457 g/mol. The molecule has 0 spiro atoms. The molecule has 2 aromatic rings. The van der Waals surface area contributed by atoms with E-state index in [0.29, 0.717) is 42.1 Å². The fraction of sp³-hybridized carbons (Fsp3) is 0.500. The SMILES string of the molecule is C/C=C(\C)Nc1cc(Oc2cc(OC)c(OCCCN3CCOCC3)cc2CNC)ncn1. The van der Waals surface area contributed by atoms with E-state index >= 15 is 0 Å². The number of benzene rings is 1. The zero-order chi connectivity index (χ0) is 23.5. The Kier molecular flexibility index (Phi) is 9.74. The summed E-state index contributed by atoms with van der Waals surface area (Å²) in [5, 5.41) is 6.39. The molecule has 9 heteroatoms. The smallest absolute Gasteiger partial charge is 0.224 e. The zero-order valence-electron chi connectivity index (χ0n) is 20.0. The molecule has 1 saturated heterocycles. The molecule has 0 saturated carbocycles. The fourth-order valence-corrected chi connectivity index (χ4v) is 3.42. The van der Waals surface area contributed by atoms with Crippen molar-refractivity contribution in [3.05, 3.63) is 41.9 Å². The van der Waals surface area contributed by atoms with Gasteiger partial charge < -0.3 is 29.6 Å². The Bertz CT molecular complexity index is 916. The van der Waals surface area contributed by atoms with Crippen molar-refractivity contribution in [1.82, 2.24) is 20.2 Å². The van der Waals surface area contributed by atoms with Crippen LogP contribution in [0.2, 0.25) is 0 Å². The lowest BCUT2D eigenvalue weighted by atomic mass is 10.1. The zero-order valence-corrected chi connectivity index (χ0v) is 20.0. The molecule has 2 N–H and O–H groups in total. The van der Waals surface area contributed by atoms with Gasteiger partial charge in [0.05, 0.1) is 26.9 Å². The van der Waals surface area contributed by atoms with Crippen LogP contribution in [-0.2, 0) is 11.3 Å². The second-order valence-electron chi connectivity index (χ2n) is 7.74. The summed E-state index contributed by atoms with van der Waals surface area (Å²) < 4.78 is 23.2. The third-order valence-corrected chi connectivity index (χ3v) is 5.31. The van der Waals surface area contributed by atoms with Gasteiger partial charge in [-0.15, -0.1) is 0 Å². The molecule has 0 radical (unpaired) electrons. The van der Waals surface area contributed by atoms with Gasteiger partial charge in [-0.05, 0) is 33.4 Å². The first-order valence-electron chi connectivity index (χ1n) is 11.3. The molecule has 9 nitrogen and oxygen atoms in total. The van der Waals surface area contributed by atoms with Crippen molar-refractivity contribution < 1.29 is 18.9 Å². The molecule has 1 fully saturated rings. The molecule has 180 valence electrons. The van der Waals surface area contributed by atoms with E-state index in [1.54, 1.807) is 13.2 Å². The van der Waals surface area contributed by atoms with E-state index in [1.807, 2.05) is 39.1 Å². The first-order valence-corrected chi connectivity index (χ1v) is 11.3. The third kappa shape index (κ3) is 7.59. The van der Waals surface area contributed by atoms with Crippen LogP contribution in [0.15, 0.2) is 36.3 Å². The van der Waals surface area contributed by atoms with Crippen molar-refractivity contribution in [2.75, 3.05) is 58.9 Å². The Morgan fingerprint density at radius 3 is 2.70 bits per heavy atom. The van der Waals surface area contributed by atoms with Gasteiger partial charge in [0.15, 0.2) is 11.5 Å². The number of aromatic nitrogens is 2. The molecule has 33 heavy (non-hydrogen) atoms. The van der Waals surface area contributed by atoms with Crippen molar-refractivity contribution in [3.63, 3.8) is 0 Å². The van der Waals surface area contributed by atoms with Crippen LogP contribution >= 0.6 is 0 Å². The van der Waals surface area contributed by atoms with Gasteiger partial charge in [0, 0.05) is 49.6 Å². The number of hydrogen-bond donors (Lipinski definition) is 2. The van der Waals surface area contributed by atoms with Crippen molar-refractivity contribution in [2.45, 2.75) is 26.8 Å². The second kappa shape index (κ2) is 13.0. The number of nitrogens with one attached hydrogen (secondary N) is 2. The summed E-state index contributed by atoms with van der Waals surface area (Å²) >= 11 is 0.